The van der Waals surface area contributed by atoms with Gasteiger partial charge in [0.25, 0.3) is 0 Å². The average Bonchev–Trinajstić information content (AvgIpc) is 2.46. The monoisotopic (exact) mass is 274 g/mol. The topological polar surface area (TPSA) is 42.4 Å². The first-order valence-electron chi connectivity index (χ1n) is 7.13. The molecular formula is C16H22N2O2. The fourth-order valence-electron chi connectivity index (χ4n) is 2.42. The van der Waals surface area contributed by atoms with Gasteiger partial charge in [-0.05, 0) is 30.0 Å². The first-order valence-corrected chi connectivity index (χ1v) is 7.13. The summed E-state index contributed by atoms with van der Waals surface area (Å²) in [4.78, 5) is 18.3. The van der Waals surface area contributed by atoms with E-state index in [4.69, 9.17) is 4.74 Å². The van der Waals surface area contributed by atoms with Gasteiger partial charge in [-0.25, -0.2) is 0 Å². The Labute approximate surface area is 120 Å². The molecule has 1 fully saturated rings. The lowest BCUT2D eigenvalue weighted by Crippen LogP contribution is -2.48. The molecule has 2 rings (SSSR count). The van der Waals surface area contributed by atoms with Gasteiger partial charge in [0.1, 0.15) is 0 Å². The number of rotatable bonds is 4. The molecule has 1 atom stereocenters. The van der Waals surface area contributed by atoms with Gasteiger partial charge < -0.3 is 9.64 Å². The molecule has 0 unspecified atom stereocenters. The summed E-state index contributed by atoms with van der Waals surface area (Å²) in [5.74, 6) is 0.613. The lowest BCUT2D eigenvalue weighted by Gasteiger charge is -2.36. The Bertz CT molecular complexity index is 457. The summed E-state index contributed by atoms with van der Waals surface area (Å²) in [7, 11) is 0. The minimum Gasteiger partial charge on any atom is -0.377 e. The summed E-state index contributed by atoms with van der Waals surface area (Å²) < 4.78 is 5.50. The fourth-order valence-corrected chi connectivity index (χ4v) is 2.42. The highest BCUT2D eigenvalue weighted by molar-refractivity contribution is 5.92. The van der Waals surface area contributed by atoms with Gasteiger partial charge in [0.2, 0.25) is 5.91 Å². The maximum atomic E-state index is 12.3. The second kappa shape index (κ2) is 7.20. The molecule has 20 heavy (non-hydrogen) atoms. The van der Waals surface area contributed by atoms with Gasteiger partial charge in [-0.3, -0.25) is 9.78 Å². The Morgan fingerprint density at radius 3 is 3.15 bits per heavy atom. The van der Waals surface area contributed by atoms with Crippen LogP contribution in [0.25, 0.3) is 6.08 Å². The molecule has 108 valence electrons. The maximum Gasteiger partial charge on any atom is 0.246 e. The van der Waals surface area contributed by atoms with Gasteiger partial charge >= 0.3 is 0 Å². The summed E-state index contributed by atoms with van der Waals surface area (Å²) in [5, 5.41) is 0. The van der Waals surface area contributed by atoms with Crippen LogP contribution in [0.3, 0.4) is 0 Å². The van der Waals surface area contributed by atoms with Crippen molar-refractivity contribution in [3.05, 3.63) is 36.2 Å². The van der Waals surface area contributed by atoms with Crippen molar-refractivity contribution in [3.8, 4) is 0 Å². The number of morpholine rings is 1. The Morgan fingerprint density at radius 2 is 2.45 bits per heavy atom. The van der Waals surface area contributed by atoms with Crippen molar-refractivity contribution in [1.29, 1.82) is 0 Å². The molecule has 0 radical (unpaired) electrons. The van der Waals surface area contributed by atoms with Crippen LogP contribution in [0.1, 0.15) is 25.8 Å². The van der Waals surface area contributed by atoms with Crippen LogP contribution < -0.4 is 0 Å². The number of hydrogen-bond acceptors (Lipinski definition) is 3. The molecule has 1 aromatic rings. The molecule has 1 saturated heterocycles. The third-order valence-corrected chi connectivity index (χ3v) is 3.36. The van der Waals surface area contributed by atoms with Crippen molar-refractivity contribution in [1.82, 2.24) is 9.88 Å². The predicted molar refractivity (Wildman–Crippen MR) is 79.0 cm³/mol. The van der Waals surface area contributed by atoms with E-state index in [1.165, 1.54) is 0 Å². The molecule has 1 amide bonds. The molecule has 0 aliphatic carbocycles. The van der Waals surface area contributed by atoms with Crippen LogP contribution in [0.4, 0.5) is 0 Å². The molecule has 4 nitrogen and oxygen atoms in total. The highest BCUT2D eigenvalue weighted by atomic mass is 16.5. The second-order valence-corrected chi connectivity index (χ2v) is 5.51. The molecule has 1 aliphatic rings. The van der Waals surface area contributed by atoms with Crippen LogP contribution in [0.5, 0.6) is 0 Å². The Balaban J connectivity index is 2.00. The van der Waals surface area contributed by atoms with Gasteiger partial charge in [0, 0.05) is 25.0 Å². The number of pyridine rings is 1. The van der Waals surface area contributed by atoms with Crippen LogP contribution in [-0.4, -0.2) is 41.6 Å². The van der Waals surface area contributed by atoms with Gasteiger partial charge in [-0.2, -0.15) is 0 Å². The first kappa shape index (κ1) is 14.7. The van der Waals surface area contributed by atoms with E-state index in [0.29, 0.717) is 25.7 Å². The smallest absolute Gasteiger partial charge is 0.246 e. The number of carbonyl (C=O) groups is 1. The van der Waals surface area contributed by atoms with Crippen LogP contribution in [-0.2, 0) is 9.53 Å². The van der Waals surface area contributed by atoms with Crippen molar-refractivity contribution >= 4 is 12.0 Å². The lowest BCUT2D eigenvalue weighted by molar-refractivity contribution is -0.135. The number of aromatic nitrogens is 1. The number of nitrogens with zero attached hydrogens (tertiary/aromatic N) is 2. The van der Waals surface area contributed by atoms with E-state index in [1.54, 1.807) is 18.5 Å². The third-order valence-electron chi connectivity index (χ3n) is 3.36. The zero-order valence-corrected chi connectivity index (χ0v) is 12.2. The van der Waals surface area contributed by atoms with Crippen LogP contribution in [0.2, 0.25) is 0 Å². The Hall–Kier alpha value is -1.68. The van der Waals surface area contributed by atoms with Crippen LogP contribution in [0, 0.1) is 5.92 Å². The van der Waals surface area contributed by atoms with E-state index in [2.05, 4.69) is 18.8 Å². The van der Waals surface area contributed by atoms with Gasteiger partial charge in [-0.15, -0.1) is 0 Å². The second-order valence-electron chi connectivity index (χ2n) is 5.51. The summed E-state index contributed by atoms with van der Waals surface area (Å²) in [5.41, 5.74) is 0.939. The van der Waals surface area contributed by atoms with Crippen molar-refractivity contribution in [3.63, 3.8) is 0 Å². The molecule has 2 heterocycles. The molecular weight excluding hydrogens is 252 g/mol. The highest BCUT2D eigenvalue weighted by Crippen LogP contribution is 2.16. The standard InChI is InChI=1S/C16H22N2O2/c1-13(2)10-15-12-20-9-8-18(15)16(19)6-5-14-4-3-7-17-11-14/h3-7,11,13,15H,8-10,12H2,1-2H3/b6-5+/t15-/m1/s1. The minimum absolute atomic E-state index is 0.0582. The molecule has 0 aromatic carbocycles. The highest BCUT2D eigenvalue weighted by Gasteiger charge is 2.26. The number of hydrogen-bond donors (Lipinski definition) is 0. The van der Waals surface area contributed by atoms with Gasteiger partial charge in [0.15, 0.2) is 0 Å². The van der Waals surface area contributed by atoms with Crippen molar-refractivity contribution in [2.45, 2.75) is 26.3 Å². The van der Waals surface area contributed by atoms with E-state index >= 15 is 0 Å². The largest absolute Gasteiger partial charge is 0.377 e. The molecule has 4 heteroatoms. The lowest BCUT2D eigenvalue weighted by atomic mass is 10.0. The van der Waals surface area contributed by atoms with Gasteiger partial charge in [0.05, 0.1) is 19.3 Å². The van der Waals surface area contributed by atoms with Crippen molar-refractivity contribution < 1.29 is 9.53 Å². The van der Waals surface area contributed by atoms with E-state index in [0.717, 1.165) is 12.0 Å². The van der Waals surface area contributed by atoms with Crippen molar-refractivity contribution in [2.75, 3.05) is 19.8 Å². The van der Waals surface area contributed by atoms with E-state index in [-0.39, 0.29) is 11.9 Å². The maximum absolute atomic E-state index is 12.3. The third kappa shape index (κ3) is 4.17. The molecule has 0 N–H and O–H groups in total. The Kier molecular flexibility index (Phi) is 5.30. The summed E-state index contributed by atoms with van der Waals surface area (Å²) in [6.45, 7) is 6.28. The minimum atomic E-state index is 0.0582. The van der Waals surface area contributed by atoms with Crippen molar-refractivity contribution in [2.24, 2.45) is 5.92 Å². The van der Waals surface area contributed by atoms with E-state index < -0.39 is 0 Å². The summed E-state index contributed by atoms with van der Waals surface area (Å²) in [6.07, 6.45) is 7.90. The number of ether oxygens (including phenoxy) is 1. The summed E-state index contributed by atoms with van der Waals surface area (Å²) >= 11 is 0. The molecule has 1 aromatic heterocycles. The molecule has 0 spiro atoms. The SMILES string of the molecule is CC(C)C[C@@H]1COCCN1C(=O)/C=C/c1cccnc1. The quantitative estimate of drug-likeness (QED) is 0.792. The zero-order chi connectivity index (χ0) is 14.4. The van der Waals surface area contributed by atoms with Gasteiger partial charge in [-0.1, -0.05) is 19.9 Å². The predicted octanol–water partition coefficient (Wildman–Crippen LogP) is 2.37. The average molecular weight is 274 g/mol. The molecule has 0 bridgehead atoms. The molecule has 1 aliphatic heterocycles. The molecule has 0 saturated carbocycles. The number of carbonyl (C=O) groups excluding carboxylic acids is 1. The van der Waals surface area contributed by atoms with E-state index in [1.807, 2.05) is 23.1 Å². The van der Waals surface area contributed by atoms with Crippen LogP contribution in [0.15, 0.2) is 30.6 Å². The van der Waals surface area contributed by atoms with E-state index in [9.17, 15) is 4.79 Å². The normalized spacial score (nSPS) is 19.8. The zero-order valence-electron chi connectivity index (χ0n) is 12.2. The Morgan fingerprint density at radius 1 is 1.60 bits per heavy atom. The fraction of sp³-hybridized carbons (Fsp3) is 0.500. The van der Waals surface area contributed by atoms with Crippen LogP contribution >= 0.6 is 0 Å². The first-order chi connectivity index (χ1) is 9.66. The summed E-state index contributed by atoms with van der Waals surface area (Å²) in [6, 6.07) is 3.98. The number of amides is 1.